The Kier molecular flexibility index (Phi) is 3.46. The van der Waals surface area contributed by atoms with E-state index in [1.54, 1.807) is 6.92 Å². The molecule has 0 amide bonds. The number of furan rings is 1. The lowest BCUT2D eigenvalue weighted by Gasteiger charge is -2.32. The Morgan fingerprint density at radius 3 is 2.23 bits per heavy atom. The standard InChI is InChI=1S/C17H20BFO3/c1-11(14-10-12-8-6-7-9-13(12)20-14)15(19)18-21-16(2,3)17(4,5)22-18/h6-10H,1-5H3. The molecule has 0 aliphatic carbocycles. The van der Waals surface area contributed by atoms with E-state index in [4.69, 9.17) is 13.7 Å². The maximum atomic E-state index is 14.8. The van der Waals surface area contributed by atoms with Crippen LogP contribution in [0.3, 0.4) is 0 Å². The van der Waals surface area contributed by atoms with Crippen LogP contribution >= 0.6 is 0 Å². The number of halogens is 1. The lowest BCUT2D eigenvalue weighted by atomic mass is 9.84. The van der Waals surface area contributed by atoms with E-state index in [1.165, 1.54) is 0 Å². The van der Waals surface area contributed by atoms with Crippen molar-refractivity contribution < 1.29 is 18.1 Å². The highest BCUT2D eigenvalue weighted by molar-refractivity contribution is 6.55. The van der Waals surface area contributed by atoms with Gasteiger partial charge in [-0.2, -0.15) is 0 Å². The van der Waals surface area contributed by atoms with Crippen LogP contribution in [0.4, 0.5) is 4.39 Å². The second-order valence-corrected chi connectivity index (χ2v) is 6.71. The Balaban J connectivity index is 1.95. The molecule has 2 heterocycles. The molecule has 0 bridgehead atoms. The molecule has 116 valence electrons. The molecule has 1 aromatic carbocycles. The third kappa shape index (κ3) is 2.38. The molecule has 0 saturated carbocycles. The van der Waals surface area contributed by atoms with Crippen molar-refractivity contribution in [1.82, 2.24) is 0 Å². The molecule has 3 nitrogen and oxygen atoms in total. The molecule has 1 aliphatic heterocycles. The average Bonchev–Trinajstić information content (AvgIpc) is 2.96. The quantitative estimate of drug-likeness (QED) is 0.749. The van der Waals surface area contributed by atoms with Gasteiger partial charge in [0.25, 0.3) is 0 Å². The van der Waals surface area contributed by atoms with Gasteiger partial charge >= 0.3 is 7.12 Å². The van der Waals surface area contributed by atoms with E-state index in [1.807, 2.05) is 58.0 Å². The van der Waals surface area contributed by atoms with Gasteiger partial charge in [-0.3, -0.25) is 0 Å². The minimum Gasteiger partial charge on any atom is -0.456 e. The van der Waals surface area contributed by atoms with Crippen molar-refractivity contribution in [3.8, 4) is 0 Å². The zero-order valence-electron chi connectivity index (χ0n) is 13.6. The number of hydrogen-bond donors (Lipinski definition) is 0. The fourth-order valence-electron chi connectivity index (χ4n) is 2.41. The van der Waals surface area contributed by atoms with Gasteiger partial charge in [-0.1, -0.05) is 18.2 Å². The van der Waals surface area contributed by atoms with Gasteiger partial charge in [0.1, 0.15) is 17.1 Å². The van der Waals surface area contributed by atoms with E-state index in [0.717, 1.165) is 11.0 Å². The molecule has 1 aliphatic rings. The van der Waals surface area contributed by atoms with Crippen molar-refractivity contribution in [2.75, 3.05) is 0 Å². The van der Waals surface area contributed by atoms with Gasteiger partial charge in [0, 0.05) is 11.0 Å². The lowest BCUT2D eigenvalue weighted by molar-refractivity contribution is 0.00578. The van der Waals surface area contributed by atoms with Crippen LogP contribution in [0.15, 0.2) is 40.5 Å². The molecule has 2 aromatic rings. The number of allylic oxidation sites excluding steroid dienone is 1. The zero-order valence-corrected chi connectivity index (χ0v) is 13.6. The van der Waals surface area contributed by atoms with E-state index in [-0.39, 0.29) is 0 Å². The topological polar surface area (TPSA) is 31.6 Å². The molecule has 0 radical (unpaired) electrons. The van der Waals surface area contributed by atoms with Gasteiger partial charge < -0.3 is 13.7 Å². The SMILES string of the molecule is CC(=C(F)B1OC(C)(C)C(C)(C)O1)c1cc2ccccc2o1. The predicted molar refractivity (Wildman–Crippen MR) is 86.0 cm³/mol. The van der Waals surface area contributed by atoms with Crippen molar-refractivity contribution >= 4 is 23.7 Å². The Morgan fingerprint density at radius 2 is 1.64 bits per heavy atom. The normalized spacial score (nSPS) is 21.3. The first kappa shape index (κ1) is 15.3. The lowest BCUT2D eigenvalue weighted by Crippen LogP contribution is -2.41. The molecule has 0 unspecified atom stereocenters. The molecular weight excluding hydrogens is 282 g/mol. The molecule has 1 aromatic heterocycles. The van der Waals surface area contributed by atoms with Crippen LogP contribution in [0.2, 0.25) is 0 Å². The monoisotopic (exact) mass is 302 g/mol. The minimum absolute atomic E-state index is 0.398. The largest absolute Gasteiger partial charge is 0.525 e. The number of rotatable bonds is 2. The fourth-order valence-corrected chi connectivity index (χ4v) is 2.41. The number of hydrogen-bond acceptors (Lipinski definition) is 3. The molecule has 22 heavy (non-hydrogen) atoms. The van der Waals surface area contributed by atoms with Crippen LogP contribution < -0.4 is 0 Å². The summed E-state index contributed by atoms with van der Waals surface area (Å²) in [6.45, 7) is 9.28. The van der Waals surface area contributed by atoms with Crippen molar-refractivity contribution in [2.45, 2.75) is 45.8 Å². The van der Waals surface area contributed by atoms with Crippen molar-refractivity contribution in [1.29, 1.82) is 0 Å². The first-order valence-corrected chi connectivity index (χ1v) is 7.42. The number of benzene rings is 1. The molecule has 1 fully saturated rings. The highest BCUT2D eigenvalue weighted by Gasteiger charge is 2.53. The van der Waals surface area contributed by atoms with Crippen LogP contribution in [-0.4, -0.2) is 18.3 Å². The van der Waals surface area contributed by atoms with Gasteiger partial charge in [-0.25, -0.2) is 4.39 Å². The first-order chi connectivity index (χ1) is 10.2. The summed E-state index contributed by atoms with van der Waals surface area (Å²) >= 11 is 0. The van der Waals surface area contributed by atoms with Gasteiger partial charge in [-0.15, -0.1) is 0 Å². The van der Waals surface area contributed by atoms with E-state index in [0.29, 0.717) is 11.3 Å². The van der Waals surface area contributed by atoms with Crippen LogP contribution in [0, 0.1) is 0 Å². The summed E-state index contributed by atoms with van der Waals surface area (Å²) in [5.74, 6) is 0.494. The summed E-state index contributed by atoms with van der Waals surface area (Å²) < 4.78 is 32.0. The molecule has 0 atom stereocenters. The second-order valence-electron chi connectivity index (χ2n) is 6.71. The van der Waals surface area contributed by atoms with E-state index in [2.05, 4.69) is 0 Å². The van der Waals surface area contributed by atoms with Gasteiger partial charge in [0.15, 0.2) is 0 Å². The second kappa shape index (κ2) is 4.96. The van der Waals surface area contributed by atoms with E-state index < -0.39 is 24.0 Å². The van der Waals surface area contributed by atoms with Crippen LogP contribution in [0.25, 0.3) is 16.5 Å². The number of para-hydroxylation sites is 1. The van der Waals surface area contributed by atoms with Crippen molar-refractivity contribution in [3.63, 3.8) is 0 Å². The Bertz CT molecular complexity index is 696. The first-order valence-electron chi connectivity index (χ1n) is 7.42. The van der Waals surface area contributed by atoms with Gasteiger partial charge in [0.05, 0.1) is 11.2 Å². The maximum Gasteiger partial charge on any atom is 0.525 e. The van der Waals surface area contributed by atoms with Crippen LogP contribution in [0.5, 0.6) is 0 Å². The summed E-state index contributed by atoms with van der Waals surface area (Å²) in [6.07, 6.45) is 0. The van der Waals surface area contributed by atoms with Crippen LogP contribution in [0.1, 0.15) is 40.4 Å². The summed E-state index contributed by atoms with van der Waals surface area (Å²) in [5, 5.41) is 0.943. The van der Waals surface area contributed by atoms with Gasteiger partial charge in [-0.05, 0) is 46.8 Å². The number of fused-ring (bicyclic) bond motifs is 1. The molecule has 0 N–H and O–H groups in total. The van der Waals surface area contributed by atoms with Crippen molar-refractivity contribution in [2.24, 2.45) is 0 Å². The van der Waals surface area contributed by atoms with Crippen molar-refractivity contribution in [3.05, 3.63) is 41.8 Å². The molecule has 0 spiro atoms. The Morgan fingerprint density at radius 1 is 1.05 bits per heavy atom. The molecular formula is C17H20BFO3. The third-order valence-electron chi connectivity index (χ3n) is 4.61. The van der Waals surface area contributed by atoms with Crippen LogP contribution in [-0.2, 0) is 9.31 Å². The third-order valence-corrected chi connectivity index (χ3v) is 4.61. The Hall–Kier alpha value is -1.59. The smallest absolute Gasteiger partial charge is 0.456 e. The Labute approximate surface area is 130 Å². The summed E-state index contributed by atoms with van der Waals surface area (Å²) in [4.78, 5) is 0. The summed E-state index contributed by atoms with van der Waals surface area (Å²) in [6, 6.07) is 9.43. The zero-order chi connectivity index (χ0) is 16.1. The molecule has 5 heteroatoms. The van der Waals surface area contributed by atoms with Gasteiger partial charge in [0.2, 0.25) is 0 Å². The summed E-state index contributed by atoms with van der Waals surface area (Å²) in [5.41, 5.74) is -0.447. The highest BCUT2D eigenvalue weighted by Crippen LogP contribution is 2.40. The summed E-state index contributed by atoms with van der Waals surface area (Å²) in [7, 11) is -1.00. The average molecular weight is 302 g/mol. The highest BCUT2D eigenvalue weighted by atomic mass is 19.1. The molecule has 3 rings (SSSR count). The minimum atomic E-state index is -1.00. The molecule has 1 saturated heterocycles. The predicted octanol–water partition coefficient (Wildman–Crippen LogP) is 4.76. The fraction of sp³-hybridized carbons (Fsp3) is 0.412. The van der Waals surface area contributed by atoms with E-state index >= 15 is 0 Å². The maximum absolute atomic E-state index is 14.8. The van der Waals surface area contributed by atoms with E-state index in [9.17, 15) is 4.39 Å².